The van der Waals surface area contributed by atoms with E-state index in [1.54, 1.807) is 12.1 Å². The van der Waals surface area contributed by atoms with Gasteiger partial charge >= 0.3 is 0 Å². The molecule has 6 heteroatoms. The smallest absolute Gasteiger partial charge is 0.228 e. The Labute approximate surface area is 212 Å². The van der Waals surface area contributed by atoms with Gasteiger partial charge in [0.25, 0.3) is 0 Å². The van der Waals surface area contributed by atoms with Gasteiger partial charge in [-0.15, -0.1) is 0 Å². The molecule has 36 heavy (non-hydrogen) atoms. The first kappa shape index (κ1) is 23.9. The summed E-state index contributed by atoms with van der Waals surface area (Å²) in [7, 11) is 2.00. The van der Waals surface area contributed by atoms with E-state index in [2.05, 4.69) is 24.0 Å². The molecule has 3 aromatic carbocycles. The highest BCUT2D eigenvalue weighted by Gasteiger charge is 2.25. The highest BCUT2D eigenvalue weighted by molar-refractivity contribution is 5.44. The molecule has 0 bridgehead atoms. The van der Waals surface area contributed by atoms with Crippen molar-refractivity contribution in [3.8, 4) is 11.6 Å². The molecule has 184 valence electrons. The predicted molar refractivity (Wildman–Crippen MR) is 141 cm³/mol. The summed E-state index contributed by atoms with van der Waals surface area (Å²) in [6.45, 7) is 6.67. The van der Waals surface area contributed by atoms with Crippen LogP contribution in [0.3, 0.4) is 0 Å². The summed E-state index contributed by atoms with van der Waals surface area (Å²) < 4.78 is 20.8. The molecule has 1 aliphatic heterocycles. The Bertz CT molecular complexity index is 1340. The van der Waals surface area contributed by atoms with Crippen molar-refractivity contribution < 1.29 is 9.13 Å². The fourth-order valence-electron chi connectivity index (χ4n) is 4.53. The van der Waals surface area contributed by atoms with E-state index in [9.17, 15) is 4.39 Å². The van der Waals surface area contributed by atoms with Gasteiger partial charge in [-0.3, -0.25) is 4.90 Å². The van der Waals surface area contributed by atoms with E-state index < -0.39 is 0 Å². The van der Waals surface area contributed by atoms with Crippen molar-refractivity contribution in [2.75, 3.05) is 18.5 Å². The van der Waals surface area contributed by atoms with Crippen molar-refractivity contribution in [1.29, 1.82) is 0 Å². The number of ether oxygens (including phenoxy) is 1. The van der Waals surface area contributed by atoms with Crippen LogP contribution in [-0.4, -0.2) is 28.5 Å². The molecule has 0 unspecified atom stereocenters. The summed E-state index contributed by atoms with van der Waals surface area (Å²) in [5.74, 6) is 1.77. The van der Waals surface area contributed by atoms with Gasteiger partial charge in [0.1, 0.15) is 11.6 Å². The first-order valence-corrected chi connectivity index (χ1v) is 12.3. The van der Waals surface area contributed by atoms with E-state index in [0.29, 0.717) is 37.0 Å². The van der Waals surface area contributed by atoms with Crippen LogP contribution in [0.5, 0.6) is 11.6 Å². The Hall–Kier alpha value is -3.77. The molecule has 0 aliphatic carbocycles. The molecule has 1 aliphatic rings. The molecule has 0 N–H and O–H groups in total. The SMILES string of the molecule is Cc1ccc(Oc2nc(N(C)Cc3ccccc3)nc3c2CN(Cc2cc(C)ccc2F)CC3)cc1. The third-order valence-corrected chi connectivity index (χ3v) is 6.52. The van der Waals surface area contributed by atoms with E-state index in [-0.39, 0.29) is 5.82 Å². The van der Waals surface area contributed by atoms with Crippen molar-refractivity contribution in [2.24, 2.45) is 0 Å². The van der Waals surface area contributed by atoms with Gasteiger partial charge in [0.2, 0.25) is 11.8 Å². The Balaban J connectivity index is 1.45. The summed E-state index contributed by atoms with van der Waals surface area (Å²) in [6, 6.07) is 23.5. The topological polar surface area (TPSA) is 41.5 Å². The molecule has 0 atom stereocenters. The van der Waals surface area contributed by atoms with Crippen LogP contribution in [0.25, 0.3) is 0 Å². The molecular weight excluding hydrogens is 451 g/mol. The summed E-state index contributed by atoms with van der Waals surface area (Å²) in [4.78, 5) is 14.1. The molecule has 0 spiro atoms. The molecular formula is C30H31FN4O. The zero-order valence-electron chi connectivity index (χ0n) is 21.0. The summed E-state index contributed by atoms with van der Waals surface area (Å²) in [5, 5.41) is 0. The number of benzene rings is 3. The highest BCUT2D eigenvalue weighted by Crippen LogP contribution is 2.32. The second-order valence-corrected chi connectivity index (χ2v) is 9.57. The van der Waals surface area contributed by atoms with Crippen LogP contribution in [0.4, 0.5) is 10.3 Å². The predicted octanol–water partition coefficient (Wildman–Crippen LogP) is 6.22. The van der Waals surface area contributed by atoms with Crippen LogP contribution in [0.2, 0.25) is 0 Å². The van der Waals surface area contributed by atoms with E-state index >= 15 is 0 Å². The maximum atomic E-state index is 14.5. The van der Waals surface area contributed by atoms with Crippen molar-refractivity contribution in [1.82, 2.24) is 14.9 Å². The van der Waals surface area contributed by atoms with Crippen molar-refractivity contribution in [3.05, 3.63) is 112 Å². The third-order valence-electron chi connectivity index (χ3n) is 6.52. The van der Waals surface area contributed by atoms with Crippen LogP contribution in [0.15, 0.2) is 72.8 Å². The number of rotatable bonds is 7. The van der Waals surface area contributed by atoms with Crippen molar-refractivity contribution >= 4 is 5.95 Å². The van der Waals surface area contributed by atoms with Crippen LogP contribution >= 0.6 is 0 Å². The molecule has 0 radical (unpaired) electrons. The molecule has 5 rings (SSSR count). The van der Waals surface area contributed by atoms with Gasteiger partial charge in [0, 0.05) is 45.2 Å². The fraction of sp³-hybridized carbons (Fsp3) is 0.267. The van der Waals surface area contributed by atoms with E-state index in [1.165, 1.54) is 11.1 Å². The van der Waals surface area contributed by atoms with Crippen LogP contribution in [0, 0.1) is 19.7 Å². The second-order valence-electron chi connectivity index (χ2n) is 9.57. The molecule has 5 nitrogen and oxygen atoms in total. The Morgan fingerprint density at radius 2 is 1.69 bits per heavy atom. The first-order valence-electron chi connectivity index (χ1n) is 12.3. The lowest BCUT2D eigenvalue weighted by molar-refractivity contribution is 0.235. The first-order chi connectivity index (χ1) is 17.4. The molecule has 0 amide bonds. The molecule has 0 saturated heterocycles. The molecule has 4 aromatic rings. The number of aryl methyl sites for hydroxylation is 2. The standard InChI is InChI=1S/C30H31FN4O/c1-21-9-12-25(13-10-21)36-29-26-20-35(19-24-17-22(2)11-14-27(24)31)16-15-28(26)32-30(33-29)34(3)18-23-7-5-4-6-8-23/h4-14,17H,15-16,18-20H2,1-3H3. The van der Waals surface area contributed by atoms with Crippen LogP contribution < -0.4 is 9.64 Å². The number of anilines is 1. The van der Waals surface area contributed by atoms with E-state index in [4.69, 9.17) is 14.7 Å². The number of nitrogens with zero attached hydrogens (tertiary/aromatic N) is 4. The Morgan fingerprint density at radius 1 is 0.944 bits per heavy atom. The second kappa shape index (κ2) is 10.5. The zero-order valence-corrected chi connectivity index (χ0v) is 21.0. The van der Waals surface area contributed by atoms with Crippen molar-refractivity contribution in [2.45, 2.75) is 39.9 Å². The lowest BCUT2D eigenvalue weighted by Crippen LogP contribution is -2.32. The number of halogens is 1. The van der Waals surface area contributed by atoms with E-state index in [0.717, 1.165) is 35.5 Å². The fourth-order valence-corrected chi connectivity index (χ4v) is 4.53. The molecule has 1 aromatic heterocycles. The average Bonchev–Trinajstić information content (AvgIpc) is 2.88. The monoisotopic (exact) mass is 482 g/mol. The zero-order chi connectivity index (χ0) is 25.1. The average molecular weight is 483 g/mol. The third kappa shape index (κ3) is 5.55. The van der Waals surface area contributed by atoms with Gasteiger partial charge < -0.3 is 9.64 Å². The van der Waals surface area contributed by atoms with Crippen LogP contribution in [-0.2, 0) is 26.1 Å². The lowest BCUT2D eigenvalue weighted by atomic mass is 10.0. The molecule has 0 fully saturated rings. The number of aromatic nitrogens is 2. The van der Waals surface area contributed by atoms with Gasteiger partial charge in [0.15, 0.2) is 0 Å². The number of fused-ring (bicyclic) bond motifs is 1. The Kier molecular flexibility index (Phi) is 6.96. The van der Waals surface area contributed by atoms with Gasteiger partial charge in [-0.25, -0.2) is 9.37 Å². The Morgan fingerprint density at radius 3 is 2.47 bits per heavy atom. The lowest BCUT2D eigenvalue weighted by Gasteiger charge is -2.30. The minimum atomic E-state index is -0.170. The highest BCUT2D eigenvalue weighted by atomic mass is 19.1. The summed E-state index contributed by atoms with van der Waals surface area (Å²) in [6.07, 6.45) is 0.752. The minimum Gasteiger partial charge on any atom is -0.439 e. The van der Waals surface area contributed by atoms with Gasteiger partial charge in [-0.2, -0.15) is 4.98 Å². The quantitative estimate of drug-likeness (QED) is 0.313. The maximum absolute atomic E-state index is 14.5. The van der Waals surface area contributed by atoms with Gasteiger partial charge in [0.05, 0.1) is 11.3 Å². The maximum Gasteiger partial charge on any atom is 0.228 e. The van der Waals surface area contributed by atoms with Crippen molar-refractivity contribution in [3.63, 3.8) is 0 Å². The minimum absolute atomic E-state index is 0.170. The molecule has 0 saturated carbocycles. The summed E-state index contributed by atoms with van der Waals surface area (Å²) in [5.41, 5.74) is 6.08. The largest absolute Gasteiger partial charge is 0.439 e. The van der Waals surface area contributed by atoms with Gasteiger partial charge in [-0.1, -0.05) is 65.7 Å². The number of hydrogen-bond donors (Lipinski definition) is 0. The summed E-state index contributed by atoms with van der Waals surface area (Å²) >= 11 is 0. The van der Waals surface area contributed by atoms with E-state index in [1.807, 2.05) is 67.4 Å². The normalized spacial score (nSPS) is 13.3. The van der Waals surface area contributed by atoms with Gasteiger partial charge in [-0.05, 0) is 37.6 Å². The number of hydrogen-bond acceptors (Lipinski definition) is 5. The molecule has 2 heterocycles. The van der Waals surface area contributed by atoms with Crippen LogP contribution in [0.1, 0.15) is 33.5 Å².